The molecule has 0 aromatic heterocycles. The van der Waals surface area contributed by atoms with Gasteiger partial charge >= 0.3 is 0 Å². The lowest BCUT2D eigenvalue weighted by molar-refractivity contribution is 0.0420. The number of hydrogen-bond acceptors (Lipinski definition) is 2. The van der Waals surface area contributed by atoms with Crippen molar-refractivity contribution >= 4 is 5.91 Å². The van der Waals surface area contributed by atoms with E-state index < -0.39 is 0 Å². The third-order valence-electron chi connectivity index (χ3n) is 3.20. The number of nitrogens with one attached hydrogen (secondary N) is 1. The standard InChI is InChI=1S/C13H16FNO2/c1-8-2-3-10(6-12(8)14)13(17)15-7-9-4-11(16)5-9/h2-3,6,9,11,16H,4-5,7H2,1H3,(H,15,17). The molecule has 1 aliphatic carbocycles. The summed E-state index contributed by atoms with van der Waals surface area (Å²) >= 11 is 0. The van der Waals surface area contributed by atoms with Gasteiger partial charge in [0.2, 0.25) is 0 Å². The Hall–Kier alpha value is -1.42. The fourth-order valence-corrected chi connectivity index (χ4v) is 1.94. The van der Waals surface area contributed by atoms with Crippen molar-refractivity contribution in [2.75, 3.05) is 6.54 Å². The van der Waals surface area contributed by atoms with Gasteiger partial charge in [-0.05, 0) is 43.4 Å². The van der Waals surface area contributed by atoms with Crippen molar-refractivity contribution in [3.63, 3.8) is 0 Å². The van der Waals surface area contributed by atoms with Crippen LogP contribution in [0.2, 0.25) is 0 Å². The van der Waals surface area contributed by atoms with Crippen molar-refractivity contribution in [2.45, 2.75) is 25.9 Å². The summed E-state index contributed by atoms with van der Waals surface area (Å²) in [7, 11) is 0. The highest BCUT2D eigenvalue weighted by Gasteiger charge is 2.27. The molecule has 1 aromatic rings. The lowest BCUT2D eigenvalue weighted by Gasteiger charge is -2.31. The van der Waals surface area contributed by atoms with E-state index in [0.29, 0.717) is 23.6 Å². The average Bonchev–Trinajstić information content (AvgIpc) is 2.26. The summed E-state index contributed by atoms with van der Waals surface area (Å²) in [6.07, 6.45) is 1.26. The zero-order chi connectivity index (χ0) is 12.4. The second-order valence-corrected chi connectivity index (χ2v) is 4.67. The lowest BCUT2D eigenvalue weighted by Crippen LogP contribution is -2.38. The number of aliphatic hydroxyl groups excluding tert-OH is 1. The smallest absolute Gasteiger partial charge is 0.251 e. The lowest BCUT2D eigenvalue weighted by atomic mass is 9.82. The maximum Gasteiger partial charge on any atom is 0.251 e. The number of carbonyl (C=O) groups is 1. The van der Waals surface area contributed by atoms with Crippen LogP contribution in [0.15, 0.2) is 18.2 Å². The van der Waals surface area contributed by atoms with Gasteiger partial charge in [-0.3, -0.25) is 4.79 Å². The Kier molecular flexibility index (Phi) is 3.43. The van der Waals surface area contributed by atoms with Crippen molar-refractivity contribution < 1.29 is 14.3 Å². The maximum atomic E-state index is 13.3. The number of hydrogen-bond donors (Lipinski definition) is 2. The van der Waals surface area contributed by atoms with E-state index in [1.54, 1.807) is 19.1 Å². The van der Waals surface area contributed by atoms with Crippen LogP contribution in [0.3, 0.4) is 0 Å². The van der Waals surface area contributed by atoms with Gasteiger partial charge < -0.3 is 10.4 Å². The summed E-state index contributed by atoms with van der Waals surface area (Å²) in [6, 6.07) is 4.46. The molecule has 4 heteroatoms. The van der Waals surface area contributed by atoms with Gasteiger partial charge in [-0.25, -0.2) is 4.39 Å². The summed E-state index contributed by atoms with van der Waals surface area (Å²) < 4.78 is 13.3. The minimum atomic E-state index is -0.364. The van der Waals surface area contributed by atoms with Crippen molar-refractivity contribution in [1.29, 1.82) is 0 Å². The normalized spacial score (nSPS) is 23.0. The van der Waals surface area contributed by atoms with Crippen LogP contribution < -0.4 is 5.32 Å². The molecule has 0 saturated heterocycles. The number of amides is 1. The predicted octanol–water partition coefficient (Wildman–Crippen LogP) is 1.63. The Morgan fingerprint density at radius 1 is 1.53 bits per heavy atom. The molecule has 1 aromatic carbocycles. The molecule has 0 heterocycles. The van der Waals surface area contributed by atoms with Crippen molar-refractivity contribution in [1.82, 2.24) is 5.32 Å². The van der Waals surface area contributed by atoms with Gasteiger partial charge in [0.25, 0.3) is 5.91 Å². The van der Waals surface area contributed by atoms with Gasteiger partial charge in [-0.1, -0.05) is 6.07 Å². The molecule has 2 N–H and O–H groups in total. The van der Waals surface area contributed by atoms with E-state index in [9.17, 15) is 9.18 Å². The topological polar surface area (TPSA) is 49.3 Å². The van der Waals surface area contributed by atoms with Gasteiger partial charge in [0.15, 0.2) is 0 Å². The molecule has 0 unspecified atom stereocenters. The Labute approximate surface area is 99.7 Å². The highest BCUT2D eigenvalue weighted by atomic mass is 19.1. The maximum absolute atomic E-state index is 13.3. The molecule has 2 rings (SSSR count). The number of rotatable bonds is 3. The summed E-state index contributed by atoms with van der Waals surface area (Å²) in [5.74, 6) is -0.272. The molecule has 92 valence electrons. The first-order chi connectivity index (χ1) is 8.06. The number of benzene rings is 1. The first kappa shape index (κ1) is 12.0. The van der Waals surface area contributed by atoms with Crippen LogP contribution in [-0.4, -0.2) is 23.7 Å². The van der Waals surface area contributed by atoms with E-state index in [2.05, 4.69) is 5.32 Å². The van der Waals surface area contributed by atoms with Crippen LogP contribution in [0.5, 0.6) is 0 Å². The quantitative estimate of drug-likeness (QED) is 0.839. The molecular weight excluding hydrogens is 221 g/mol. The molecule has 0 aliphatic heterocycles. The summed E-state index contributed by atoms with van der Waals surface area (Å²) in [6.45, 7) is 2.21. The molecule has 1 fully saturated rings. The zero-order valence-corrected chi connectivity index (χ0v) is 9.74. The third kappa shape index (κ3) is 2.82. The van der Waals surface area contributed by atoms with Crippen molar-refractivity contribution in [2.24, 2.45) is 5.92 Å². The Balaban J connectivity index is 1.88. The molecule has 0 radical (unpaired) electrons. The van der Waals surface area contributed by atoms with Gasteiger partial charge in [-0.15, -0.1) is 0 Å². The van der Waals surface area contributed by atoms with Crippen molar-refractivity contribution in [3.05, 3.63) is 35.1 Å². The van der Waals surface area contributed by atoms with Crippen molar-refractivity contribution in [3.8, 4) is 0 Å². The summed E-state index contributed by atoms with van der Waals surface area (Å²) in [5.41, 5.74) is 0.872. The van der Waals surface area contributed by atoms with E-state index >= 15 is 0 Å². The fraction of sp³-hybridized carbons (Fsp3) is 0.462. The van der Waals surface area contributed by atoms with Crippen LogP contribution in [0.1, 0.15) is 28.8 Å². The van der Waals surface area contributed by atoms with Gasteiger partial charge in [0, 0.05) is 12.1 Å². The van der Waals surface area contributed by atoms with E-state index in [4.69, 9.17) is 5.11 Å². The molecular formula is C13H16FNO2. The Morgan fingerprint density at radius 2 is 2.24 bits per heavy atom. The van der Waals surface area contributed by atoms with E-state index in [1.807, 2.05) is 0 Å². The first-order valence-electron chi connectivity index (χ1n) is 5.78. The largest absolute Gasteiger partial charge is 0.393 e. The average molecular weight is 237 g/mol. The van der Waals surface area contributed by atoms with Crippen LogP contribution in [0.25, 0.3) is 0 Å². The Bertz CT molecular complexity index is 427. The molecule has 3 nitrogen and oxygen atoms in total. The van der Waals surface area contributed by atoms with Crippen LogP contribution >= 0.6 is 0 Å². The summed E-state index contributed by atoms with van der Waals surface area (Å²) in [5, 5.41) is 11.9. The Morgan fingerprint density at radius 3 is 2.82 bits per heavy atom. The fourth-order valence-electron chi connectivity index (χ4n) is 1.94. The summed E-state index contributed by atoms with van der Waals surface area (Å²) in [4.78, 5) is 11.7. The van der Waals surface area contributed by atoms with Crippen LogP contribution in [0, 0.1) is 18.7 Å². The number of halogens is 1. The zero-order valence-electron chi connectivity index (χ0n) is 9.74. The number of aryl methyl sites for hydroxylation is 1. The molecule has 17 heavy (non-hydrogen) atoms. The molecule has 1 amide bonds. The van der Waals surface area contributed by atoms with E-state index in [-0.39, 0.29) is 17.8 Å². The predicted molar refractivity (Wildman–Crippen MR) is 62.2 cm³/mol. The molecule has 0 bridgehead atoms. The molecule has 0 spiro atoms. The van der Waals surface area contributed by atoms with Gasteiger partial charge in [-0.2, -0.15) is 0 Å². The highest BCUT2D eigenvalue weighted by Crippen LogP contribution is 2.26. The van der Waals surface area contributed by atoms with Gasteiger partial charge in [0.05, 0.1) is 6.10 Å². The monoisotopic (exact) mass is 237 g/mol. The molecule has 0 atom stereocenters. The van der Waals surface area contributed by atoms with Crippen LogP contribution in [0.4, 0.5) is 4.39 Å². The second kappa shape index (κ2) is 4.84. The number of carbonyl (C=O) groups excluding carboxylic acids is 1. The van der Waals surface area contributed by atoms with E-state index in [1.165, 1.54) is 6.07 Å². The minimum Gasteiger partial charge on any atom is -0.393 e. The second-order valence-electron chi connectivity index (χ2n) is 4.67. The van der Waals surface area contributed by atoms with E-state index in [0.717, 1.165) is 12.8 Å². The van der Waals surface area contributed by atoms with Crippen LogP contribution in [-0.2, 0) is 0 Å². The highest BCUT2D eigenvalue weighted by molar-refractivity contribution is 5.94. The minimum absolute atomic E-state index is 0.214. The SMILES string of the molecule is Cc1ccc(C(=O)NCC2CC(O)C2)cc1F. The number of aliphatic hydroxyl groups is 1. The first-order valence-corrected chi connectivity index (χ1v) is 5.78. The molecule has 1 saturated carbocycles. The third-order valence-corrected chi connectivity index (χ3v) is 3.20. The van der Waals surface area contributed by atoms with Gasteiger partial charge in [0.1, 0.15) is 5.82 Å². The molecule has 1 aliphatic rings.